The van der Waals surface area contributed by atoms with Crippen LogP contribution >= 0.6 is 22.7 Å². The molecule has 0 atom stereocenters. The van der Waals surface area contributed by atoms with Crippen molar-refractivity contribution in [3.05, 3.63) is 51.9 Å². The monoisotopic (exact) mass is 422 g/mol. The van der Waals surface area contributed by atoms with Crippen LogP contribution in [0.5, 0.6) is 5.75 Å². The Morgan fingerprint density at radius 1 is 1.14 bits per heavy atom. The number of rotatable bonds is 4. The highest BCUT2D eigenvalue weighted by atomic mass is 32.1. The number of thiazole rings is 1. The van der Waals surface area contributed by atoms with Gasteiger partial charge in [-0.2, -0.15) is 0 Å². The van der Waals surface area contributed by atoms with Crippen LogP contribution in [0.15, 0.2) is 42.0 Å². The summed E-state index contributed by atoms with van der Waals surface area (Å²) in [5.74, 6) is 2.45. The first-order chi connectivity index (χ1) is 14.2. The van der Waals surface area contributed by atoms with Crippen molar-refractivity contribution in [2.75, 3.05) is 25.1 Å². The number of anilines is 1. The summed E-state index contributed by atoms with van der Waals surface area (Å²) in [7, 11) is 1.71. The highest BCUT2D eigenvalue weighted by molar-refractivity contribution is 7.18. The van der Waals surface area contributed by atoms with Crippen molar-refractivity contribution >= 4 is 38.7 Å². The molecule has 1 aliphatic heterocycles. The molecule has 1 aliphatic rings. The third-order valence-electron chi connectivity index (χ3n) is 5.48. The smallest absolute Gasteiger partial charge is 0.140 e. The molecule has 0 bridgehead atoms. The van der Waals surface area contributed by atoms with Crippen molar-refractivity contribution in [2.45, 2.75) is 25.7 Å². The fraction of sp³-hybridized carbons (Fsp3) is 0.318. The maximum atomic E-state index is 5.50. The molecule has 5 rings (SSSR count). The molecule has 0 unspecified atom stereocenters. The minimum atomic E-state index is 0.501. The second-order valence-electron chi connectivity index (χ2n) is 7.31. The van der Waals surface area contributed by atoms with Gasteiger partial charge in [-0.25, -0.2) is 15.0 Å². The molecule has 1 saturated heterocycles. The van der Waals surface area contributed by atoms with Crippen LogP contribution in [0.25, 0.3) is 21.5 Å². The van der Waals surface area contributed by atoms with Crippen LogP contribution in [0.2, 0.25) is 0 Å². The second kappa shape index (κ2) is 7.72. The van der Waals surface area contributed by atoms with E-state index in [1.807, 2.05) is 18.2 Å². The Bertz CT molecular complexity index is 1140. The Labute approximate surface area is 178 Å². The summed E-state index contributed by atoms with van der Waals surface area (Å²) in [5, 5.41) is 4.56. The van der Waals surface area contributed by atoms with E-state index in [-0.39, 0.29) is 0 Å². The van der Waals surface area contributed by atoms with Gasteiger partial charge in [0.15, 0.2) is 0 Å². The molecule has 1 aromatic carbocycles. The standard InChI is InChI=1S/C22H22N4OS2/c1-14-11-17-20(23-13-24-22(17)29-14)26-9-7-15(8-10-26)21-25-18(12-28-21)16-5-3-4-6-19(16)27-2/h3-6,11-13,15H,7-10H2,1-2H3. The van der Waals surface area contributed by atoms with E-state index in [4.69, 9.17) is 9.72 Å². The highest BCUT2D eigenvalue weighted by Crippen LogP contribution is 2.37. The number of ether oxygens (including phenoxy) is 1. The zero-order valence-corrected chi connectivity index (χ0v) is 18.1. The van der Waals surface area contributed by atoms with Crippen molar-refractivity contribution in [3.8, 4) is 17.0 Å². The van der Waals surface area contributed by atoms with E-state index < -0.39 is 0 Å². The number of nitrogens with zero attached hydrogens (tertiary/aromatic N) is 4. The van der Waals surface area contributed by atoms with E-state index in [0.717, 1.165) is 53.6 Å². The normalized spacial score (nSPS) is 15.2. The molecule has 4 heterocycles. The molecule has 5 nitrogen and oxygen atoms in total. The summed E-state index contributed by atoms with van der Waals surface area (Å²) in [6.07, 6.45) is 3.88. The lowest BCUT2D eigenvalue weighted by Crippen LogP contribution is -2.33. The zero-order valence-electron chi connectivity index (χ0n) is 16.5. The van der Waals surface area contributed by atoms with Crippen molar-refractivity contribution in [2.24, 2.45) is 0 Å². The quantitative estimate of drug-likeness (QED) is 0.434. The van der Waals surface area contributed by atoms with E-state index >= 15 is 0 Å². The molecule has 0 radical (unpaired) electrons. The fourth-order valence-electron chi connectivity index (χ4n) is 4.01. The summed E-state index contributed by atoms with van der Waals surface area (Å²) >= 11 is 3.50. The van der Waals surface area contributed by atoms with Crippen molar-refractivity contribution in [1.29, 1.82) is 0 Å². The van der Waals surface area contributed by atoms with Gasteiger partial charge in [-0.3, -0.25) is 0 Å². The van der Waals surface area contributed by atoms with Crippen LogP contribution in [0.1, 0.15) is 28.6 Å². The molecule has 7 heteroatoms. The molecule has 1 fully saturated rings. The SMILES string of the molecule is COc1ccccc1-c1csc(C2CCN(c3ncnc4sc(C)cc34)CC2)n1. The third kappa shape index (κ3) is 3.49. The van der Waals surface area contributed by atoms with Crippen LogP contribution in [0, 0.1) is 6.92 Å². The number of thiophene rings is 1. The second-order valence-corrected chi connectivity index (χ2v) is 9.43. The van der Waals surface area contributed by atoms with E-state index in [2.05, 4.69) is 39.3 Å². The molecular weight excluding hydrogens is 400 g/mol. The molecule has 0 N–H and O–H groups in total. The first kappa shape index (κ1) is 18.5. The van der Waals surface area contributed by atoms with Crippen molar-refractivity contribution < 1.29 is 4.74 Å². The number of methoxy groups -OCH3 is 1. The van der Waals surface area contributed by atoms with Gasteiger partial charge in [0.2, 0.25) is 0 Å². The average molecular weight is 423 g/mol. The Kier molecular flexibility index (Phi) is 4.93. The molecule has 148 valence electrons. The minimum absolute atomic E-state index is 0.501. The summed E-state index contributed by atoms with van der Waals surface area (Å²) in [4.78, 5) is 18.8. The molecule has 0 aliphatic carbocycles. The van der Waals surface area contributed by atoms with E-state index in [0.29, 0.717) is 5.92 Å². The number of piperidine rings is 1. The molecular formula is C22H22N4OS2. The number of hydrogen-bond donors (Lipinski definition) is 0. The number of aromatic nitrogens is 3. The Morgan fingerprint density at radius 2 is 1.97 bits per heavy atom. The van der Waals surface area contributed by atoms with Crippen molar-refractivity contribution in [3.63, 3.8) is 0 Å². The Morgan fingerprint density at radius 3 is 2.79 bits per heavy atom. The van der Waals surface area contributed by atoms with E-state index in [9.17, 15) is 0 Å². The number of aryl methyl sites for hydroxylation is 1. The topological polar surface area (TPSA) is 51.1 Å². The summed E-state index contributed by atoms with van der Waals surface area (Å²) in [6.45, 7) is 4.12. The van der Waals surface area contributed by atoms with Crippen LogP contribution in [-0.2, 0) is 0 Å². The van der Waals surface area contributed by atoms with Gasteiger partial charge in [0.05, 0.1) is 23.2 Å². The fourth-order valence-corrected chi connectivity index (χ4v) is 5.84. The van der Waals surface area contributed by atoms with Crippen LogP contribution in [-0.4, -0.2) is 35.2 Å². The maximum absolute atomic E-state index is 5.50. The van der Waals surface area contributed by atoms with Gasteiger partial charge in [-0.15, -0.1) is 22.7 Å². The van der Waals surface area contributed by atoms with Crippen LogP contribution in [0.3, 0.4) is 0 Å². The lowest BCUT2D eigenvalue weighted by atomic mass is 9.97. The zero-order chi connectivity index (χ0) is 19.8. The Hall–Kier alpha value is -2.51. The average Bonchev–Trinajstić information content (AvgIpc) is 3.39. The molecule has 3 aromatic heterocycles. The maximum Gasteiger partial charge on any atom is 0.140 e. The van der Waals surface area contributed by atoms with Gasteiger partial charge < -0.3 is 9.64 Å². The largest absolute Gasteiger partial charge is 0.496 e. The van der Waals surface area contributed by atoms with Gasteiger partial charge in [-0.1, -0.05) is 12.1 Å². The lowest BCUT2D eigenvalue weighted by molar-refractivity contribution is 0.416. The van der Waals surface area contributed by atoms with Gasteiger partial charge >= 0.3 is 0 Å². The first-order valence-electron chi connectivity index (χ1n) is 9.78. The van der Waals surface area contributed by atoms with Crippen LogP contribution in [0.4, 0.5) is 5.82 Å². The summed E-state index contributed by atoms with van der Waals surface area (Å²) < 4.78 is 5.50. The number of benzene rings is 1. The molecule has 0 amide bonds. The van der Waals surface area contributed by atoms with Crippen LogP contribution < -0.4 is 9.64 Å². The predicted molar refractivity (Wildman–Crippen MR) is 120 cm³/mol. The first-order valence-corrected chi connectivity index (χ1v) is 11.5. The van der Waals surface area contributed by atoms with Gasteiger partial charge in [-0.05, 0) is 38.0 Å². The molecule has 4 aromatic rings. The van der Waals surface area contributed by atoms with Gasteiger partial charge in [0, 0.05) is 34.8 Å². The Balaban J connectivity index is 1.33. The number of para-hydroxylation sites is 1. The number of fused-ring (bicyclic) bond motifs is 1. The molecule has 0 spiro atoms. The third-order valence-corrected chi connectivity index (χ3v) is 7.45. The summed E-state index contributed by atoms with van der Waals surface area (Å²) in [6, 6.07) is 10.3. The van der Waals surface area contributed by atoms with Crippen molar-refractivity contribution in [1.82, 2.24) is 15.0 Å². The summed E-state index contributed by atoms with van der Waals surface area (Å²) in [5.41, 5.74) is 2.07. The molecule has 0 saturated carbocycles. The highest BCUT2D eigenvalue weighted by Gasteiger charge is 2.25. The van der Waals surface area contributed by atoms with E-state index in [1.54, 1.807) is 36.1 Å². The lowest BCUT2D eigenvalue weighted by Gasteiger charge is -2.32. The minimum Gasteiger partial charge on any atom is -0.496 e. The predicted octanol–water partition coefficient (Wildman–Crippen LogP) is 5.52. The van der Waals surface area contributed by atoms with Gasteiger partial charge in [0.25, 0.3) is 0 Å². The van der Waals surface area contributed by atoms with Gasteiger partial charge in [0.1, 0.15) is 22.7 Å². The number of hydrogen-bond acceptors (Lipinski definition) is 7. The molecule has 29 heavy (non-hydrogen) atoms. The van der Waals surface area contributed by atoms with E-state index in [1.165, 1.54) is 15.3 Å².